The molecule has 0 aliphatic rings. The molecular formula is C20H28O6. The molecule has 0 bridgehead atoms. The second-order valence-electron chi connectivity index (χ2n) is 5.51. The van der Waals surface area contributed by atoms with Crippen molar-refractivity contribution in [2.24, 2.45) is 5.92 Å². The first-order chi connectivity index (χ1) is 12.6. The highest BCUT2D eigenvalue weighted by molar-refractivity contribution is 5.94. The minimum atomic E-state index is -0.915. The van der Waals surface area contributed by atoms with Crippen LogP contribution in [0, 0.1) is 5.92 Å². The molecule has 0 heterocycles. The third-order valence-electron chi connectivity index (χ3n) is 3.67. The molecule has 0 saturated heterocycles. The van der Waals surface area contributed by atoms with Gasteiger partial charge >= 0.3 is 11.9 Å². The summed E-state index contributed by atoms with van der Waals surface area (Å²) in [5.41, 5.74) is 0.965. The first kappa shape index (κ1) is 21.5. The van der Waals surface area contributed by atoms with Gasteiger partial charge in [0.25, 0.3) is 0 Å². The van der Waals surface area contributed by atoms with Crippen molar-refractivity contribution in [1.29, 1.82) is 0 Å². The standard InChI is InChI=1S/C20H28O6/c1-5-9-15-14-16(23-4)11-12-18(15)26-13-8-10-17(19(21)24-6-2)20(22)25-7-3/h5,11-12,14,17H,1,6-10,13H2,2-4H3. The van der Waals surface area contributed by atoms with Crippen molar-refractivity contribution in [3.8, 4) is 11.5 Å². The Hall–Kier alpha value is -2.50. The summed E-state index contributed by atoms with van der Waals surface area (Å²) in [6.45, 7) is 7.97. The summed E-state index contributed by atoms with van der Waals surface area (Å²) in [6, 6.07) is 5.56. The Kier molecular flexibility index (Phi) is 9.90. The summed E-state index contributed by atoms with van der Waals surface area (Å²) in [5.74, 6) is -0.541. The van der Waals surface area contributed by atoms with Crippen LogP contribution in [-0.4, -0.2) is 38.9 Å². The normalized spacial score (nSPS) is 10.3. The molecular weight excluding hydrogens is 336 g/mol. The SMILES string of the molecule is C=CCc1cc(OC)ccc1OCCCC(C(=O)OCC)C(=O)OCC. The minimum absolute atomic E-state index is 0.224. The highest BCUT2D eigenvalue weighted by Gasteiger charge is 2.28. The van der Waals surface area contributed by atoms with Crippen LogP contribution in [0.4, 0.5) is 0 Å². The van der Waals surface area contributed by atoms with Gasteiger partial charge in [0.2, 0.25) is 0 Å². The third-order valence-corrected chi connectivity index (χ3v) is 3.67. The van der Waals surface area contributed by atoms with E-state index < -0.39 is 17.9 Å². The molecule has 0 atom stereocenters. The maximum Gasteiger partial charge on any atom is 0.320 e. The maximum absolute atomic E-state index is 11.9. The molecule has 0 aromatic heterocycles. The van der Waals surface area contributed by atoms with Crippen LogP contribution in [0.3, 0.4) is 0 Å². The number of rotatable bonds is 12. The van der Waals surface area contributed by atoms with Gasteiger partial charge in [0.05, 0.1) is 26.9 Å². The van der Waals surface area contributed by atoms with Crippen LogP contribution < -0.4 is 9.47 Å². The van der Waals surface area contributed by atoms with E-state index in [-0.39, 0.29) is 13.2 Å². The van der Waals surface area contributed by atoms with Gasteiger partial charge in [0.15, 0.2) is 5.92 Å². The van der Waals surface area contributed by atoms with Crippen LogP contribution >= 0.6 is 0 Å². The highest BCUT2D eigenvalue weighted by Crippen LogP contribution is 2.25. The molecule has 26 heavy (non-hydrogen) atoms. The highest BCUT2D eigenvalue weighted by atomic mass is 16.6. The van der Waals surface area contributed by atoms with Gasteiger partial charge in [-0.1, -0.05) is 6.08 Å². The van der Waals surface area contributed by atoms with Gasteiger partial charge in [-0.25, -0.2) is 0 Å². The van der Waals surface area contributed by atoms with E-state index in [2.05, 4.69) is 6.58 Å². The Bertz CT molecular complexity index is 578. The monoisotopic (exact) mass is 364 g/mol. The number of ether oxygens (including phenoxy) is 4. The fourth-order valence-corrected chi connectivity index (χ4v) is 2.43. The van der Waals surface area contributed by atoms with Crippen molar-refractivity contribution in [2.45, 2.75) is 33.1 Å². The van der Waals surface area contributed by atoms with Gasteiger partial charge in [0, 0.05) is 5.56 Å². The molecule has 0 spiro atoms. The largest absolute Gasteiger partial charge is 0.497 e. The van der Waals surface area contributed by atoms with Gasteiger partial charge in [0.1, 0.15) is 11.5 Å². The number of hydrogen-bond donors (Lipinski definition) is 0. The average molecular weight is 364 g/mol. The number of allylic oxidation sites excluding steroid dienone is 1. The van der Waals surface area contributed by atoms with Crippen molar-refractivity contribution in [3.63, 3.8) is 0 Å². The molecule has 6 nitrogen and oxygen atoms in total. The van der Waals surface area contributed by atoms with Crippen LogP contribution in [0.15, 0.2) is 30.9 Å². The van der Waals surface area contributed by atoms with E-state index in [1.165, 1.54) is 0 Å². The summed E-state index contributed by atoms with van der Waals surface area (Å²) >= 11 is 0. The van der Waals surface area contributed by atoms with E-state index in [0.717, 1.165) is 17.1 Å². The molecule has 0 radical (unpaired) electrons. The number of carbonyl (C=O) groups is 2. The fraction of sp³-hybridized carbons (Fsp3) is 0.500. The maximum atomic E-state index is 11.9. The smallest absolute Gasteiger partial charge is 0.320 e. The molecule has 144 valence electrons. The lowest BCUT2D eigenvalue weighted by Crippen LogP contribution is -2.28. The zero-order valence-corrected chi connectivity index (χ0v) is 15.8. The van der Waals surface area contributed by atoms with Crippen molar-refractivity contribution in [2.75, 3.05) is 26.9 Å². The predicted octanol–water partition coefficient (Wildman–Crippen LogP) is 3.33. The second-order valence-corrected chi connectivity index (χ2v) is 5.51. The molecule has 0 N–H and O–H groups in total. The Morgan fingerprint density at radius 1 is 1.15 bits per heavy atom. The van der Waals surface area contributed by atoms with Crippen LogP contribution in [0.2, 0.25) is 0 Å². The van der Waals surface area contributed by atoms with Crippen molar-refractivity contribution >= 4 is 11.9 Å². The predicted molar refractivity (Wildman–Crippen MR) is 98.4 cm³/mol. The zero-order valence-electron chi connectivity index (χ0n) is 15.8. The molecule has 1 rings (SSSR count). The van der Waals surface area contributed by atoms with Gasteiger partial charge in [-0.2, -0.15) is 0 Å². The lowest BCUT2D eigenvalue weighted by Gasteiger charge is -2.15. The number of hydrogen-bond acceptors (Lipinski definition) is 6. The molecule has 0 saturated carbocycles. The van der Waals surface area contributed by atoms with Crippen LogP contribution in [0.25, 0.3) is 0 Å². The first-order valence-corrected chi connectivity index (χ1v) is 8.81. The quantitative estimate of drug-likeness (QED) is 0.245. The summed E-state index contributed by atoms with van der Waals surface area (Å²) in [6.07, 6.45) is 3.27. The van der Waals surface area contributed by atoms with Crippen molar-refractivity contribution in [1.82, 2.24) is 0 Å². The molecule has 6 heteroatoms. The number of esters is 2. The number of benzene rings is 1. The molecule has 0 fully saturated rings. The van der Waals surface area contributed by atoms with Crippen LogP contribution in [0.1, 0.15) is 32.3 Å². The summed E-state index contributed by atoms with van der Waals surface area (Å²) < 4.78 is 20.9. The van der Waals surface area contributed by atoms with Gasteiger partial charge in [-0.15, -0.1) is 6.58 Å². The topological polar surface area (TPSA) is 71.1 Å². The Morgan fingerprint density at radius 2 is 1.81 bits per heavy atom. The lowest BCUT2D eigenvalue weighted by atomic mass is 10.0. The first-order valence-electron chi connectivity index (χ1n) is 8.81. The van der Waals surface area contributed by atoms with E-state index in [9.17, 15) is 9.59 Å². The fourth-order valence-electron chi connectivity index (χ4n) is 2.43. The average Bonchev–Trinajstić information content (AvgIpc) is 2.63. The number of carbonyl (C=O) groups excluding carboxylic acids is 2. The second kappa shape index (κ2) is 12.0. The Morgan fingerprint density at radius 3 is 2.35 bits per heavy atom. The lowest BCUT2D eigenvalue weighted by molar-refractivity contribution is -0.162. The Balaban J connectivity index is 2.63. The zero-order chi connectivity index (χ0) is 19.4. The third kappa shape index (κ3) is 6.78. The van der Waals surface area contributed by atoms with Gasteiger partial charge < -0.3 is 18.9 Å². The molecule has 0 aliphatic carbocycles. The van der Waals surface area contributed by atoms with E-state index in [1.807, 2.05) is 18.2 Å². The van der Waals surface area contributed by atoms with Gasteiger partial charge in [-0.05, 0) is 51.3 Å². The minimum Gasteiger partial charge on any atom is -0.497 e. The van der Waals surface area contributed by atoms with Crippen molar-refractivity contribution < 1.29 is 28.5 Å². The molecule has 1 aromatic rings. The summed E-state index contributed by atoms with van der Waals surface area (Å²) in [5, 5.41) is 0. The Labute approximate surface area is 155 Å². The van der Waals surface area contributed by atoms with E-state index in [0.29, 0.717) is 25.9 Å². The summed E-state index contributed by atoms with van der Waals surface area (Å²) in [4.78, 5) is 23.9. The van der Waals surface area contributed by atoms with Crippen LogP contribution in [-0.2, 0) is 25.5 Å². The van der Waals surface area contributed by atoms with Gasteiger partial charge in [-0.3, -0.25) is 9.59 Å². The number of methoxy groups -OCH3 is 1. The van der Waals surface area contributed by atoms with E-state index >= 15 is 0 Å². The van der Waals surface area contributed by atoms with E-state index in [4.69, 9.17) is 18.9 Å². The van der Waals surface area contributed by atoms with E-state index in [1.54, 1.807) is 27.0 Å². The molecule has 1 aromatic carbocycles. The van der Waals surface area contributed by atoms with Crippen molar-refractivity contribution in [3.05, 3.63) is 36.4 Å². The molecule has 0 aliphatic heterocycles. The molecule has 0 unspecified atom stereocenters. The molecule has 0 amide bonds. The summed E-state index contributed by atoms with van der Waals surface area (Å²) in [7, 11) is 1.61. The van der Waals surface area contributed by atoms with Crippen LogP contribution in [0.5, 0.6) is 11.5 Å².